The molecule has 0 radical (unpaired) electrons. The van der Waals surface area contributed by atoms with Crippen molar-refractivity contribution >= 4 is 34.0 Å². The summed E-state index contributed by atoms with van der Waals surface area (Å²) in [6.07, 6.45) is -0.634. The molecule has 4 atom stereocenters. The zero-order valence-electron chi connectivity index (χ0n) is 21.4. The number of benzene rings is 1. The summed E-state index contributed by atoms with van der Waals surface area (Å²) in [5.74, 6) is -3.01. The molecule has 14 heteroatoms. The summed E-state index contributed by atoms with van der Waals surface area (Å²) in [6.45, 7) is 4.84. The van der Waals surface area contributed by atoms with Crippen LogP contribution in [-0.2, 0) is 40.6 Å². The summed E-state index contributed by atoms with van der Waals surface area (Å²) >= 11 is 0. The van der Waals surface area contributed by atoms with Crippen LogP contribution in [-0.4, -0.2) is 60.9 Å². The van der Waals surface area contributed by atoms with E-state index in [0.717, 1.165) is 12.5 Å². The Labute approximate surface area is 238 Å². The molecule has 0 saturated carbocycles. The average Bonchev–Trinajstić information content (AvgIpc) is 3.19. The molecule has 0 aliphatic carbocycles. The van der Waals surface area contributed by atoms with Gasteiger partial charge in [0.25, 0.3) is 0 Å². The van der Waals surface area contributed by atoms with Crippen molar-refractivity contribution in [3.05, 3.63) is 35.9 Å². The zero-order valence-corrected chi connectivity index (χ0v) is 24.2. The van der Waals surface area contributed by atoms with Crippen molar-refractivity contribution in [1.29, 1.82) is 0 Å². The van der Waals surface area contributed by atoms with Crippen molar-refractivity contribution in [2.24, 2.45) is 11.8 Å². The molecule has 2 rings (SSSR count). The molecule has 1 aromatic rings. The number of amides is 3. The number of hydrogen-bond acceptors (Lipinski definition) is 9. The molecule has 1 fully saturated rings. The third-order valence-corrected chi connectivity index (χ3v) is 6.45. The van der Waals surface area contributed by atoms with E-state index < -0.39 is 51.5 Å². The maximum absolute atomic E-state index is 13.2. The molecule has 3 N–H and O–H groups in total. The Morgan fingerprint density at radius 3 is 2.32 bits per heavy atom. The smallest absolute Gasteiger partial charge is 0.745 e. The van der Waals surface area contributed by atoms with Gasteiger partial charge < -0.3 is 30.0 Å². The molecule has 1 unspecified atom stereocenters. The molecular weight excluding hydrogens is 517 g/mol. The van der Waals surface area contributed by atoms with Gasteiger partial charge in [-0.15, -0.1) is 0 Å². The van der Waals surface area contributed by atoms with Gasteiger partial charge in [0.1, 0.15) is 22.8 Å². The Balaban J connectivity index is 0.00000684. The maximum Gasteiger partial charge on any atom is 1.00 e. The minimum atomic E-state index is -5.23. The molecule has 1 saturated heterocycles. The van der Waals surface area contributed by atoms with Crippen molar-refractivity contribution in [1.82, 2.24) is 16.0 Å². The third-order valence-electron chi connectivity index (χ3n) is 5.45. The van der Waals surface area contributed by atoms with Crippen LogP contribution in [0.5, 0.6) is 0 Å². The van der Waals surface area contributed by atoms with Gasteiger partial charge in [0.05, 0.1) is 6.04 Å². The number of rotatable bonds is 12. The van der Waals surface area contributed by atoms with Gasteiger partial charge >= 0.3 is 41.6 Å². The number of carbonyl (C=O) groups excluding carboxylic acids is 4. The fraction of sp³-hybridized carbons (Fsp3) is 0.565. The number of esters is 1. The molecule has 200 valence electrons. The van der Waals surface area contributed by atoms with Crippen molar-refractivity contribution in [3.8, 4) is 0 Å². The predicted molar refractivity (Wildman–Crippen MR) is 126 cm³/mol. The molecule has 0 spiro atoms. The van der Waals surface area contributed by atoms with Crippen molar-refractivity contribution in [2.45, 2.75) is 64.2 Å². The van der Waals surface area contributed by atoms with E-state index in [1.165, 1.54) is 0 Å². The minimum Gasteiger partial charge on any atom is -0.745 e. The summed E-state index contributed by atoms with van der Waals surface area (Å²) < 4.78 is 45.7. The molecule has 12 nitrogen and oxygen atoms in total. The normalized spacial score (nSPS) is 17.5. The summed E-state index contributed by atoms with van der Waals surface area (Å²) in [4.78, 5) is 49.1. The molecule has 1 aliphatic rings. The maximum atomic E-state index is 13.2. The molecule has 1 aromatic carbocycles. The molecule has 0 bridgehead atoms. The van der Waals surface area contributed by atoms with E-state index in [9.17, 15) is 32.1 Å². The number of hydrogen-bond donors (Lipinski definition) is 3. The van der Waals surface area contributed by atoms with Crippen LogP contribution in [0.15, 0.2) is 30.3 Å². The summed E-state index contributed by atoms with van der Waals surface area (Å²) in [7, 11) is -5.23. The first-order valence-corrected chi connectivity index (χ1v) is 13.0. The van der Waals surface area contributed by atoms with Gasteiger partial charge in [-0.25, -0.2) is 13.2 Å². The van der Waals surface area contributed by atoms with E-state index in [1.807, 2.05) is 6.07 Å². The largest absolute Gasteiger partial charge is 1.00 e. The first-order valence-electron chi connectivity index (χ1n) is 11.5. The van der Waals surface area contributed by atoms with Gasteiger partial charge in [-0.1, -0.05) is 44.2 Å². The number of ether oxygens (including phenoxy) is 2. The SMILES string of the molecule is CC(=O)OC([C@H](C[C@@H]1CCNC1=O)NC(=O)[C@H](CC(C)C)NC(=O)OCc1ccccc1)S(=O)(=O)[O-].[Na+]. The van der Waals surface area contributed by atoms with Crippen LogP contribution in [0.25, 0.3) is 0 Å². The van der Waals surface area contributed by atoms with Crippen LogP contribution in [0.4, 0.5) is 4.79 Å². The van der Waals surface area contributed by atoms with Crippen molar-refractivity contribution < 1.29 is 71.2 Å². The second-order valence-corrected chi connectivity index (χ2v) is 10.4. The van der Waals surface area contributed by atoms with Gasteiger partial charge in [0.2, 0.25) is 17.3 Å². The monoisotopic (exact) mass is 549 g/mol. The molecular formula is C23H32N3NaO9S. The predicted octanol–water partition coefficient (Wildman–Crippen LogP) is -2.22. The van der Waals surface area contributed by atoms with Crippen molar-refractivity contribution in [2.75, 3.05) is 6.54 Å². The fourth-order valence-corrected chi connectivity index (χ4v) is 4.65. The number of alkyl carbamates (subject to hydrolysis) is 1. The quantitative estimate of drug-likeness (QED) is 0.148. The van der Waals surface area contributed by atoms with Gasteiger partial charge in [0, 0.05) is 19.4 Å². The van der Waals surface area contributed by atoms with Crippen LogP contribution < -0.4 is 45.5 Å². The van der Waals surface area contributed by atoms with E-state index >= 15 is 0 Å². The Morgan fingerprint density at radius 1 is 1.16 bits per heavy atom. The van der Waals surface area contributed by atoms with Gasteiger partial charge in [-0.3, -0.25) is 14.4 Å². The van der Waals surface area contributed by atoms with E-state index in [0.29, 0.717) is 13.0 Å². The topological polar surface area (TPSA) is 180 Å². The third kappa shape index (κ3) is 11.4. The first kappa shape index (κ1) is 32.8. The Hall–Kier alpha value is -2.19. The van der Waals surface area contributed by atoms with E-state index in [2.05, 4.69) is 16.0 Å². The minimum absolute atomic E-state index is 0. The Kier molecular flexibility index (Phi) is 13.6. The molecule has 1 aliphatic heterocycles. The number of carbonyl (C=O) groups is 4. The van der Waals surface area contributed by atoms with Crippen LogP contribution in [0.1, 0.15) is 45.6 Å². The Bertz CT molecular complexity index is 1040. The fourth-order valence-electron chi connectivity index (χ4n) is 3.81. The molecule has 0 aromatic heterocycles. The summed E-state index contributed by atoms with van der Waals surface area (Å²) in [5.41, 5.74) is -1.52. The van der Waals surface area contributed by atoms with Crippen LogP contribution in [0, 0.1) is 11.8 Å². The summed E-state index contributed by atoms with van der Waals surface area (Å²) in [6, 6.07) is 6.21. The van der Waals surface area contributed by atoms with Crippen LogP contribution >= 0.6 is 0 Å². The van der Waals surface area contributed by atoms with Crippen LogP contribution in [0.3, 0.4) is 0 Å². The summed E-state index contributed by atoms with van der Waals surface area (Å²) in [5, 5.41) is 7.46. The van der Waals surface area contributed by atoms with E-state index in [1.54, 1.807) is 38.1 Å². The molecule has 3 amide bonds. The van der Waals surface area contributed by atoms with Gasteiger partial charge in [0.15, 0.2) is 0 Å². The van der Waals surface area contributed by atoms with Crippen molar-refractivity contribution in [3.63, 3.8) is 0 Å². The standard InChI is InChI=1S/C23H33N3O9S.Na/c1-14(2)11-18(26-23(30)34-13-16-7-5-4-6-8-16)21(29)25-19(12-17-9-10-24-20(17)28)22(35-15(3)27)36(31,32)33;/h4-8,14,17-19,22H,9-13H2,1-3H3,(H,24,28)(H,25,29)(H,26,30)(H,31,32,33);/q;+1/p-1/t17-,18-,19-,22?;/m0./s1. The molecule has 37 heavy (non-hydrogen) atoms. The molecule has 1 heterocycles. The second kappa shape index (κ2) is 15.3. The van der Waals surface area contributed by atoms with E-state index in [-0.39, 0.29) is 60.8 Å². The second-order valence-electron chi connectivity index (χ2n) is 8.99. The zero-order chi connectivity index (χ0) is 26.9. The Morgan fingerprint density at radius 2 is 1.81 bits per heavy atom. The van der Waals surface area contributed by atoms with Crippen LogP contribution in [0.2, 0.25) is 0 Å². The van der Waals surface area contributed by atoms with Gasteiger partial charge in [-0.2, -0.15) is 0 Å². The number of nitrogens with one attached hydrogen (secondary N) is 3. The average molecular weight is 550 g/mol. The van der Waals surface area contributed by atoms with Gasteiger partial charge in [-0.05, 0) is 30.7 Å². The van der Waals surface area contributed by atoms with E-state index in [4.69, 9.17) is 9.47 Å². The first-order chi connectivity index (χ1) is 16.9.